The second-order valence-electron chi connectivity index (χ2n) is 7.22. The van der Waals surface area contributed by atoms with Gasteiger partial charge in [0.25, 0.3) is 0 Å². The molecule has 28 heavy (non-hydrogen) atoms. The first-order valence-corrected chi connectivity index (χ1v) is 10.7. The number of hydrogen-bond donors (Lipinski definition) is 0. The summed E-state index contributed by atoms with van der Waals surface area (Å²) < 4.78 is 5.28. The van der Waals surface area contributed by atoms with E-state index in [0.29, 0.717) is 24.8 Å². The molecule has 1 unspecified atom stereocenters. The zero-order chi connectivity index (χ0) is 19.5. The fourth-order valence-electron chi connectivity index (χ4n) is 3.82. The number of rotatable bonds is 4. The van der Waals surface area contributed by atoms with Crippen molar-refractivity contribution in [3.05, 3.63) is 36.0 Å². The van der Waals surface area contributed by atoms with Crippen LogP contribution < -0.4 is 4.90 Å². The van der Waals surface area contributed by atoms with Crippen LogP contribution in [0.5, 0.6) is 0 Å². The molecule has 148 valence electrons. The number of fused-ring (bicyclic) bond motifs is 1. The number of para-hydroxylation sites is 1. The topological polar surface area (TPSA) is 79.5 Å². The Labute approximate surface area is 168 Å². The normalized spacial score (nSPS) is 19.4. The maximum Gasteiger partial charge on any atom is 0.231 e. The van der Waals surface area contributed by atoms with Crippen LogP contribution in [0.15, 0.2) is 33.7 Å². The molecular formula is C20H24N4O3S. The third-order valence-electron chi connectivity index (χ3n) is 5.25. The first-order valence-electron chi connectivity index (χ1n) is 9.72. The average Bonchev–Trinajstić information content (AvgIpc) is 3.18. The Morgan fingerprint density at radius 3 is 2.86 bits per heavy atom. The van der Waals surface area contributed by atoms with Gasteiger partial charge in [-0.25, -0.2) is 0 Å². The van der Waals surface area contributed by atoms with Crippen molar-refractivity contribution >= 4 is 29.3 Å². The summed E-state index contributed by atoms with van der Waals surface area (Å²) in [6.07, 6.45) is 2.31. The van der Waals surface area contributed by atoms with Gasteiger partial charge >= 0.3 is 0 Å². The molecule has 0 saturated carbocycles. The van der Waals surface area contributed by atoms with Crippen LogP contribution in [0.1, 0.15) is 43.3 Å². The Bertz CT molecular complexity index is 869. The Morgan fingerprint density at radius 1 is 1.21 bits per heavy atom. The van der Waals surface area contributed by atoms with E-state index in [2.05, 4.69) is 10.1 Å². The van der Waals surface area contributed by atoms with Crippen molar-refractivity contribution in [1.29, 1.82) is 0 Å². The molecular weight excluding hydrogens is 376 g/mol. The van der Waals surface area contributed by atoms with Crippen LogP contribution in [0.2, 0.25) is 0 Å². The van der Waals surface area contributed by atoms with Crippen LogP contribution in [-0.2, 0) is 9.59 Å². The average molecular weight is 401 g/mol. The number of aryl methyl sites for hydroxylation is 1. The van der Waals surface area contributed by atoms with E-state index in [0.717, 1.165) is 35.7 Å². The van der Waals surface area contributed by atoms with E-state index in [-0.39, 0.29) is 30.6 Å². The molecule has 8 heteroatoms. The van der Waals surface area contributed by atoms with Crippen molar-refractivity contribution in [2.75, 3.05) is 30.3 Å². The molecule has 0 N–H and O–H groups in total. The number of thioether (sulfide) groups is 1. The van der Waals surface area contributed by atoms with Gasteiger partial charge in [0, 0.05) is 43.1 Å². The number of carbonyl (C=O) groups excluding carboxylic acids is 2. The number of amides is 2. The molecule has 2 amide bonds. The maximum absolute atomic E-state index is 12.7. The van der Waals surface area contributed by atoms with Crippen molar-refractivity contribution in [3.8, 4) is 0 Å². The van der Waals surface area contributed by atoms with Crippen molar-refractivity contribution in [1.82, 2.24) is 15.0 Å². The molecule has 0 aliphatic carbocycles. The highest BCUT2D eigenvalue weighted by atomic mass is 32.2. The highest BCUT2D eigenvalue weighted by molar-refractivity contribution is 7.99. The predicted octanol–water partition coefficient (Wildman–Crippen LogP) is 3.00. The summed E-state index contributed by atoms with van der Waals surface area (Å²) in [6, 6.07) is 7.95. The standard InChI is InChI=1S/C20H24N4O3S/c1-14-21-20(27-22-14)15-5-4-10-23(13-15)18(25)8-9-19(26)24-11-12-28-17-7-3-2-6-16(17)24/h2-3,6-7,15H,4-5,8-13H2,1H3. The smallest absolute Gasteiger partial charge is 0.231 e. The lowest BCUT2D eigenvalue weighted by molar-refractivity contribution is -0.134. The van der Waals surface area contributed by atoms with Gasteiger partial charge in [0.15, 0.2) is 5.82 Å². The fraction of sp³-hybridized carbons (Fsp3) is 0.500. The zero-order valence-corrected chi connectivity index (χ0v) is 16.8. The summed E-state index contributed by atoms with van der Waals surface area (Å²) in [5.74, 6) is 2.22. The molecule has 0 radical (unpaired) electrons. The van der Waals surface area contributed by atoms with E-state index >= 15 is 0 Å². The highest BCUT2D eigenvalue weighted by Crippen LogP contribution is 2.34. The summed E-state index contributed by atoms with van der Waals surface area (Å²) in [5.41, 5.74) is 0.959. The number of benzene rings is 1. The third-order valence-corrected chi connectivity index (χ3v) is 6.29. The Morgan fingerprint density at radius 2 is 2.04 bits per heavy atom. The molecule has 2 aliphatic heterocycles. The minimum atomic E-state index is 0.0159. The van der Waals surface area contributed by atoms with E-state index in [1.54, 1.807) is 18.7 Å². The Kier molecular flexibility index (Phi) is 5.66. The van der Waals surface area contributed by atoms with Crippen LogP contribution >= 0.6 is 11.8 Å². The largest absolute Gasteiger partial charge is 0.342 e. The maximum atomic E-state index is 12.7. The molecule has 1 saturated heterocycles. The van der Waals surface area contributed by atoms with Crippen LogP contribution in [0.4, 0.5) is 5.69 Å². The van der Waals surface area contributed by atoms with Gasteiger partial charge in [0.2, 0.25) is 17.7 Å². The van der Waals surface area contributed by atoms with Gasteiger partial charge in [-0.3, -0.25) is 9.59 Å². The lowest BCUT2D eigenvalue weighted by Gasteiger charge is -2.32. The quantitative estimate of drug-likeness (QED) is 0.785. The number of carbonyl (C=O) groups is 2. The minimum Gasteiger partial charge on any atom is -0.342 e. The molecule has 1 atom stereocenters. The molecule has 0 spiro atoms. The molecule has 1 aromatic carbocycles. The predicted molar refractivity (Wildman–Crippen MR) is 106 cm³/mol. The number of piperidine rings is 1. The van der Waals surface area contributed by atoms with Crippen LogP contribution in [-0.4, -0.2) is 52.2 Å². The molecule has 1 fully saturated rings. The third kappa shape index (κ3) is 4.06. The second-order valence-corrected chi connectivity index (χ2v) is 8.36. The second kappa shape index (κ2) is 8.34. The summed E-state index contributed by atoms with van der Waals surface area (Å²) in [4.78, 5) is 34.5. The SMILES string of the molecule is Cc1noc(C2CCCN(C(=O)CCC(=O)N3CCSc4ccccc43)C2)n1. The van der Waals surface area contributed by atoms with Crippen molar-refractivity contribution < 1.29 is 14.1 Å². The summed E-state index contributed by atoms with van der Waals surface area (Å²) in [6.45, 7) is 3.79. The molecule has 7 nitrogen and oxygen atoms in total. The molecule has 4 rings (SSSR count). The van der Waals surface area contributed by atoms with Gasteiger partial charge in [-0.05, 0) is 31.9 Å². The molecule has 3 heterocycles. The highest BCUT2D eigenvalue weighted by Gasteiger charge is 2.29. The molecule has 0 bridgehead atoms. The van der Waals surface area contributed by atoms with Gasteiger partial charge in [-0.1, -0.05) is 17.3 Å². The van der Waals surface area contributed by atoms with Crippen LogP contribution in [0.3, 0.4) is 0 Å². The molecule has 1 aromatic heterocycles. The molecule has 2 aliphatic rings. The fourth-order valence-corrected chi connectivity index (χ4v) is 4.81. The first-order chi connectivity index (χ1) is 13.6. The van der Waals surface area contributed by atoms with E-state index < -0.39 is 0 Å². The van der Waals surface area contributed by atoms with E-state index in [4.69, 9.17) is 4.52 Å². The summed E-state index contributed by atoms with van der Waals surface area (Å²) in [7, 11) is 0. The van der Waals surface area contributed by atoms with Crippen molar-refractivity contribution in [3.63, 3.8) is 0 Å². The summed E-state index contributed by atoms with van der Waals surface area (Å²) >= 11 is 1.77. The van der Waals surface area contributed by atoms with Gasteiger partial charge in [0.1, 0.15) is 0 Å². The van der Waals surface area contributed by atoms with Gasteiger partial charge in [-0.15, -0.1) is 11.8 Å². The van der Waals surface area contributed by atoms with Crippen molar-refractivity contribution in [2.24, 2.45) is 0 Å². The first kappa shape index (κ1) is 19.0. The minimum absolute atomic E-state index is 0.0159. The Balaban J connectivity index is 1.33. The number of nitrogens with zero attached hydrogens (tertiary/aromatic N) is 4. The van der Waals surface area contributed by atoms with Gasteiger partial charge in [-0.2, -0.15) is 4.98 Å². The van der Waals surface area contributed by atoms with E-state index in [1.807, 2.05) is 34.1 Å². The summed E-state index contributed by atoms with van der Waals surface area (Å²) in [5, 5.41) is 3.85. The van der Waals surface area contributed by atoms with E-state index in [9.17, 15) is 9.59 Å². The number of hydrogen-bond acceptors (Lipinski definition) is 6. The monoisotopic (exact) mass is 400 g/mol. The number of anilines is 1. The number of likely N-dealkylation sites (tertiary alicyclic amines) is 1. The van der Waals surface area contributed by atoms with E-state index in [1.165, 1.54) is 0 Å². The number of aromatic nitrogens is 2. The van der Waals surface area contributed by atoms with Gasteiger partial charge < -0.3 is 14.3 Å². The Hall–Kier alpha value is -2.35. The van der Waals surface area contributed by atoms with Gasteiger partial charge in [0.05, 0.1) is 11.6 Å². The lowest BCUT2D eigenvalue weighted by atomic mass is 9.97. The lowest BCUT2D eigenvalue weighted by Crippen LogP contribution is -2.40. The molecule has 2 aromatic rings. The zero-order valence-electron chi connectivity index (χ0n) is 16.0. The van der Waals surface area contributed by atoms with Crippen LogP contribution in [0, 0.1) is 6.92 Å². The van der Waals surface area contributed by atoms with Crippen molar-refractivity contribution in [2.45, 2.75) is 43.4 Å². The van der Waals surface area contributed by atoms with Crippen LogP contribution in [0.25, 0.3) is 0 Å².